The molecule has 0 saturated carbocycles. The molecule has 0 saturated heterocycles. The molecule has 0 fully saturated rings. The third-order valence-electron chi connectivity index (χ3n) is 1.71. The minimum absolute atomic E-state index is 0.0606. The van der Waals surface area contributed by atoms with E-state index in [2.05, 4.69) is 9.97 Å². The van der Waals surface area contributed by atoms with Crippen LogP contribution in [0.4, 0.5) is 0 Å². The normalized spacial score (nSPS) is 10.0. The molecule has 4 nitrogen and oxygen atoms in total. The highest BCUT2D eigenvalue weighted by Gasteiger charge is 2.05. The molecule has 13 heavy (non-hydrogen) atoms. The van der Waals surface area contributed by atoms with Gasteiger partial charge in [0.05, 0.1) is 5.56 Å². The Morgan fingerprint density at radius 2 is 2.08 bits per heavy atom. The zero-order chi connectivity index (χ0) is 9.68. The van der Waals surface area contributed by atoms with Crippen LogP contribution in [0, 0.1) is 6.92 Å². The van der Waals surface area contributed by atoms with Crippen molar-refractivity contribution in [3.63, 3.8) is 0 Å². The molecule has 0 spiro atoms. The Hall–Kier alpha value is -1.29. The van der Waals surface area contributed by atoms with Crippen LogP contribution < -0.4 is 5.73 Å². The lowest BCUT2D eigenvalue weighted by Crippen LogP contribution is -2.06. The van der Waals surface area contributed by atoms with Crippen molar-refractivity contribution in [1.29, 1.82) is 0 Å². The van der Waals surface area contributed by atoms with Gasteiger partial charge in [0.25, 0.3) is 0 Å². The molecular formula is C9H13N3O. The van der Waals surface area contributed by atoms with Crippen LogP contribution in [-0.2, 0) is 0 Å². The first-order valence-corrected chi connectivity index (χ1v) is 4.26. The zero-order valence-electron chi connectivity index (χ0n) is 7.66. The molecule has 2 N–H and O–H groups in total. The molecule has 0 aromatic carbocycles. The predicted molar refractivity (Wildman–Crippen MR) is 49.4 cm³/mol. The van der Waals surface area contributed by atoms with Crippen LogP contribution in [0.5, 0.6) is 0 Å². The fourth-order valence-corrected chi connectivity index (χ4v) is 0.944. The van der Waals surface area contributed by atoms with Crippen molar-refractivity contribution in [2.24, 2.45) is 5.73 Å². The van der Waals surface area contributed by atoms with Gasteiger partial charge in [0.2, 0.25) is 0 Å². The Balaban J connectivity index is 2.61. The molecular weight excluding hydrogens is 166 g/mol. The van der Waals surface area contributed by atoms with Gasteiger partial charge < -0.3 is 5.73 Å². The summed E-state index contributed by atoms with van der Waals surface area (Å²) in [5.41, 5.74) is 5.86. The SMILES string of the molecule is Cc1ncc(C(=O)CCCN)cn1. The summed E-state index contributed by atoms with van der Waals surface area (Å²) < 4.78 is 0. The zero-order valence-corrected chi connectivity index (χ0v) is 7.66. The molecule has 1 aromatic rings. The van der Waals surface area contributed by atoms with E-state index in [1.54, 1.807) is 19.3 Å². The van der Waals surface area contributed by atoms with Gasteiger partial charge in [-0.05, 0) is 19.9 Å². The molecule has 1 heterocycles. The summed E-state index contributed by atoms with van der Waals surface area (Å²) in [5, 5.41) is 0. The largest absolute Gasteiger partial charge is 0.330 e. The number of carbonyl (C=O) groups is 1. The number of aromatic nitrogens is 2. The fourth-order valence-electron chi connectivity index (χ4n) is 0.944. The van der Waals surface area contributed by atoms with Crippen LogP contribution in [0.1, 0.15) is 29.0 Å². The second-order valence-electron chi connectivity index (χ2n) is 2.83. The van der Waals surface area contributed by atoms with Crippen LogP contribution in [-0.4, -0.2) is 22.3 Å². The van der Waals surface area contributed by atoms with Crippen molar-refractivity contribution in [3.05, 3.63) is 23.8 Å². The number of nitrogens with zero attached hydrogens (tertiary/aromatic N) is 2. The lowest BCUT2D eigenvalue weighted by Gasteiger charge is -1.98. The van der Waals surface area contributed by atoms with Gasteiger partial charge in [-0.3, -0.25) is 4.79 Å². The first kappa shape index (κ1) is 9.80. The minimum atomic E-state index is 0.0606. The summed E-state index contributed by atoms with van der Waals surface area (Å²) in [7, 11) is 0. The second-order valence-corrected chi connectivity index (χ2v) is 2.83. The highest BCUT2D eigenvalue weighted by atomic mass is 16.1. The van der Waals surface area contributed by atoms with Crippen molar-refractivity contribution >= 4 is 5.78 Å². The molecule has 0 aliphatic carbocycles. The molecule has 0 amide bonds. The lowest BCUT2D eigenvalue weighted by atomic mass is 10.1. The third kappa shape index (κ3) is 2.91. The third-order valence-corrected chi connectivity index (χ3v) is 1.71. The summed E-state index contributed by atoms with van der Waals surface area (Å²) in [5.74, 6) is 0.737. The first-order valence-electron chi connectivity index (χ1n) is 4.26. The summed E-state index contributed by atoms with van der Waals surface area (Å²) >= 11 is 0. The molecule has 0 unspecified atom stereocenters. The highest BCUT2D eigenvalue weighted by Crippen LogP contribution is 2.02. The number of rotatable bonds is 4. The average Bonchev–Trinajstić information content (AvgIpc) is 2.15. The number of ketones is 1. The Morgan fingerprint density at radius 3 is 2.62 bits per heavy atom. The van der Waals surface area contributed by atoms with Crippen LogP contribution >= 0.6 is 0 Å². The van der Waals surface area contributed by atoms with E-state index in [0.717, 1.165) is 0 Å². The molecule has 0 aliphatic rings. The first-order chi connectivity index (χ1) is 6.24. The maximum atomic E-state index is 11.4. The monoisotopic (exact) mass is 179 g/mol. The topological polar surface area (TPSA) is 68.9 Å². The van der Waals surface area contributed by atoms with Gasteiger partial charge in [-0.15, -0.1) is 0 Å². The van der Waals surface area contributed by atoms with Gasteiger partial charge in [0.1, 0.15) is 5.82 Å². The molecule has 0 bridgehead atoms. The predicted octanol–water partition coefficient (Wildman–Crippen LogP) is 0.707. The van der Waals surface area contributed by atoms with E-state index >= 15 is 0 Å². The second kappa shape index (κ2) is 4.67. The summed E-state index contributed by atoms with van der Waals surface area (Å²) in [6.45, 7) is 2.33. The highest BCUT2D eigenvalue weighted by molar-refractivity contribution is 5.95. The van der Waals surface area contributed by atoms with E-state index in [9.17, 15) is 4.79 Å². The van der Waals surface area contributed by atoms with Crippen molar-refractivity contribution < 1.29 is 4.79 Å². The smallest absolute Gasteiger partial charge is 0.166 e. The van der Waals surface area contributed by atoms with E-state index in [1.807, 2.05) is 0 Å². The number of nitrogens with two attached hydrogens (primary N) is 1. The van der Waals surface area contributed by atoms with Gasteiger partial charge in [-0.2, -0.15) is 0 Å². The van der Waals surface area contributed by atoms with Crippen LogP contribution in [0.25, 0.3) is 0 Å². The quantitative estimate of drug-likeness (QED) is 0.691. The van der Waals surface area contributed by atoms with Crippen molar-refractivity contribution in [3.8, 4) is 0 Å². The molecule has 1 aromatic heterocycles. The summed E-state index contributed by atoms with van der Waals surface area (Å²) in [6, 6.07) is 0. The van der Waals surface area contributed by atoms with Crippen LogP contribution in [0.2, 0.25) is 0 Å². The maximum Gasteiger partial charge on any atom is 0.166 e. The molecule has 0 aliphatic heterocycles. The summed E-state index contributed by atoms with van der Waals surface area (Å²) in [6.07, 6.45) is 4.30. The van der Waals surface area contributed by atoms with Gasteiger partial charge >= 0.3 is 0 Å². The molecule has 4 heteroatoms. The van der Waals surface area contributed by atoms with Crippen molar-refractivity contribution in [1.82, 2.24) is 9.97 Å². The van der Waals surface area contributed by atoms with Gasteiger partial charge in [-0.1, -0.05) is 0 Å². The maximum absolute atomic E-state index is 11.4. The van der Waals surface area contributed by atoms with Crippen LogP contribution in [0.3, 0.4) is 0 Å². The Morgan fingerprint density at radius 1 is 1.46 bits per heavy atom. The van der Waals surface area contributed by atoms with Crippen molar-refractivity contribution in [2.45, 2.75) is 19.8 Å². The molecule has 70 valence electrons. The van der Waals surface area contributed by atoms with E-state index in [0.29, 0.717) is 30.8 Å². The van der Waals surface area contributed by atoms with Gasteiger partial charge in [0, 0.05) is 18.8 Å². The number of hydrogen-bond donors (Lipinski definition) is 1. The Kier molecular flexibility index (Phi) is 3.52. The number of carbonyl (C=O) groups excluding carboxylic acids is 1. The number of hydrogen-bond acceptors (Lipinski definition) is 4. The van der Waals surface area contributed by atoms with E-state index in [1.165, 1.54) is 0 Å². The lowest BCUT2D eigenvalue weighted by molar-refractivity contribution is 0.0980. The Labute approximate surface area is 77.2 Å². The van der Waals surface area contributed by atoms with Gasteiger partial charge in [0.15, 0.2) is 5.78 Å². The minimum Gasteiger partial charge on any atom is -0.330 e. The van der Waals surface area contributed by atoms with Crippen LogP contribution in [0.15, 0.2) is 12.4 Å². The van der Waals surface area contributed by atoms with Gasteiger partial charge in [-0.25, -0.2) is 9.97 Å². The van der Waals surface area contributed by atoms with E-state index in [4.69, 9.17) is 5.73 Å². The van der Waals surface area contributed by atoms with Crippen molar-refractivity contribution in [2.75, 3.05) is 6.54 Å². The summed E-state index contributed by atoms with van der Waals surface area (Å²) in [4.78, 5) is 19.3. The standard InChI is InChI=1S/C9H13N3O/c1-7-11-5-8(6-12-7)9(13)3-2-4-10/h5-6H,2-4,10H2,1H3. The molecule has 0 atom stereocenters. The number of Topliss-reactive ketones (excluding diaryl/α,β-unsaturated/α-hetero) is 1. The Bertz CT molecular complexity index is 281. The van der Waals surface area contributed by atoms with E-state index in [-0.39, 0.29) is 5.78 Å². The van der Waals surface area contributed by atoms with E-state index < -0.39 is 0 Å². The molecule has 0 radical (unpaired) electrons. The molecule has 1 rings (SSSR count). The average molecular weight is 179 g/mol. The number of aryl methyl sites for hydroxylation is 1. The fraction of sp³-hybridized carbons (Fsp3) is 0.444.